The van der Waals surface area contributed by atoms with Gasteiger partial charge in [0.2, 0.25) is 0 Å². The fraction of sp³-hybridized carbons (Fsp3) is 0.273. The van der Waals surface area contributed by atoms with E-state index in [1.807, 2.05) is 22.6 Å². The molecule has 7 heteroatoms. The maximum Gasteiger partial charge on any atom is 0.337 e. The zero-order valence-electron chi connectivity index (χ0n) is 9.41. The molecule has 1 aromatic rings. The molecule has 0 saturated carbocycles. The summed E-state index contributed by atoms with van der Waals surface area (Å²) in [6.07, 6.45) is 0. The summed E-state index contributed by atoms with van der Waals surface area (Å²) >= 11 is 7.89. The lowest BCUT2D eigenvalue weighted by Crippen LogP contribution is -2.46. The molecule has 1 rings (SSSR count). The van der Waals surface area contributed by atoms with Gasteiger partial charge in [0.1, 0.15) is 0 Å². The van der Waals surface area contributed by atoms with Crippen LogP contribution in [0.25, 0.3) is 0 Å². The molecule has 5 nitrogen and oxygen atoms in total. The van der Waals surface area contributed by atoms with Gasteiger partial charge in [-0.1, -0.05) is 11.6 Å². The third kappa shape index (κ3) is 3.82. The summed E-state index contributed by atoms with van der Waals surface area (Å²) in [4.78, 5) is 22.3. The van der Waals surface area contributed by atoms with E-state index in [1.54, 1.807) is 12.1 Å². The monoisotopic (exact) mass is 383 g/mol. The molecule has 0 aliphatic rings. The van der Waals surface area contributed by atoms with E-state index in [0.29, 0.717) is 10.6 Å². The normalized spacial score (nSPS) is 13.8. The number of aliphatic carboxylic acids is 1. The van der Waals surface area contributed by atoms with Crippen molar-refractivity contribution in [1.29, 1.82) is 0 Å². The maximum absolute atomic E-state index is 11.7. The molecule has 1 unspecified atom stereocenters. The average molecular weight is 384 g/mol. The molecular weight excluding hydrogens is 372 g/mol. The van der Waals surface area contributed by atoms with Crippen LogP contribution in [0.3, 0.4) is 0 Å². The predicted molar refractivity (Wildman–Crippen MR) is 74.8 cm³/mol. The van der Waals surface area contributed by atoms with Gasteiger partial charge in [-0.3, -0.25) is 4.79 Å². The van der Waals surface area contributed by atoms with E-state index in [-0.39, 0.29) is 6.54 Å². The van der Waals surface area contributed by atoms with Crippen LogP contribution in [0.5, 0.6) is 0 Å². The Hall–Kier alpha value is -0.860. The Labute approximate surface area is 122 Å². The Morgan fingerprint density at radius 2 is 2.11 bits per heavy atom. The number of carboxylic acid groups (broad SMARTS) is 1. The number of amides is 1. The van der Waals surface area contributed by atoms with Crippen LogP contribution in [0.15, 0.2) is 18.2 Å². The molecular formula is C11H11ClINO4. The number of benzene rings is 1. The molecule has 0 aliphatic heterocycles. The van der Waals surface area contributed by atoms with Gasteiger partial charge >= 0.3 is 5.97 Å². The lowest BCUT2D eigenvalue weighted by molar-refractivity contribution is -0.155. The van der Waals surface area contributed by atoms with Crippen LogP contribution in [0.1, 0.15) is 17.3 Å². The van der Waals surface area contributed by atoms with Crippen molar-refractivity contribution in [3.63, 3.8) is 0 Å². The van der Waals surface area contributed by atoms with Crippen molar-refractivity contribution in [2.75, 3.05) is 6.54 Å². The first-order valence-corrected chi connectivity index (χ1v) is 6.39. The number of carbonyl (C=O) groups is 2. The molecule has 0 fully saturated rings. The molecule has 18 heavy (non-hydrogen) atoms. The van der Waals surface area contributed by atoms with Gasteiger partial charge in [-0.15, -0.1) is 0 Å². The third-order valence-electron chi connectivity index (χ3n) is 2.24. The fourth-order valence-electron chi connectivity index (χ4n) is 1.07. The Balaban J connectivity index is 2.72. The molecule has 3 N–H and O–H groups in total. The van der Waals surface area contributed by atoms with E-state index in [2.05, 4.69) is 5.32 Å². The smallest absolute Gasteiger partial charge is 0.337 e. The van der Waals surface area contributed by atoms with Crippen molar-refractivity contribution < 1.29 is 19.8 Å². The highest BCUT2D eigenvalue weighted by atomic mass is 127. The summed E-state index contributed by atoms with van der Waals surface area (Å²) in [6.45, 7) is 0.724. The van der Waals surface area contributed by atoms with E-state index in [4.69, 9.17) is 16.7 Å². The Kier molecular flexibility index (Phi) is 4.94. The first-order valence-electron chi connectivity index (χ1n) is 4.93. The van der Waals surface area contributed by atoms with E-state index >= 15 is 0 Å². The van der Waals surface area contributed by atoms with E-state index < -0.39 is 17.5 Å². The number of aliphatic hydroxyl groups is 1. The maximum atomic E-state index is 11.7. The van der Waals surface area contributed by atoms with E-state index in [0.717, 1.165) is 10.5 Å². The summed E-state index contributed by atoms with van der Waals surface area (Å²) < 4.78 is 0.809. The number of halogens is 2. The number of carbonyl (C=O) groups excluding carboxylic acids is 1. The first kappa shape index (κ1) is 15.2. The lowest BCUT2D eigenvalue weighted by atomic mass is 10.1. The largest absolute Gasteiger partial charge is 0.479 e. The third-order valence-corrected chi connectivity index (χ3v) is 3.81. The van der Waals surface area contributed by atoms with Gasteiger partial charge in [0.05, 0.1) is 11.6 Å². The second-order valence-corrected chi connectivity index (χ2v) is 5.46. The molecule has 0 saturated heterocycles. The quantitative estimate of drug-likeness (QED) is 0.688. The van der Waals surface area contributed by atoms with Gasteiger partial charge in [0, 0.05) is 9.13 Å². The number of nitrogens with one attached hydrogen (secondary N) is 1. The Bertz CT molecular complexity index is 490. The highest BCUT2D eigenvalue weighted by molar-refractivity contribution is 14.1. The van der Waals surface area contributed by atoms with Crippen molar-refractivity contribution in [3.05, 3.63) is 32.4 Å². The molecule has 0 radical (unpaired) electrons. The van der Waals surface area contributed by atoms with Crippen molar-refractivity contribution in [2.24, 2.45) is 0 Å². The highest BCUT2D eigenvalue weighted by Gasteiger charge is 2.30. The molecule has 1 amide bonds. The summed E-state index contributed by atoms with van der Waals surface area (Å²) in [5.41, 5.74) is -1.69. The standard InChI is InChI=1S/C11H11ClINO4/c1-11(18,10(16)17)5-14-9(15)6-2-3-8(13)7(12)4-6/h2-4,18H,5H2,1H3,(H,14,15)(H,16,17). The van der Waals surface area contributed by atoms with Crippen molar-refractivity contribution in [2.45, 2.75) is 12.5 Å². The summed E-state index contributed by atoms with van der Waals surface area (Å²) in [6, 6.07) is 4.72. The van der Waals surface area contributed by atoms with Crippen LogP contribution in [-0.4, -0.2) is 34.2 Å². The van der Waals surface area contributed by atoms with Crippen LogP contribution < -0.4 is 5.32 Å². The van der Waals surface area contributed by atoms with Crippen molar-refractivity contribution in [3.8, 4) is 0 Å². The van der Waals surface area contributed by atoms with Crippen LogP contribution in [0.2, 0.25) is 5.02 Å². The number of hydrogen-bond acceptors (Lipinski definition) is 3. The topological polar surface area (TPSA) is 86.6 Å². The fourth-order valence-corrected chi connectivity index (χ4v) is 1.58. The molecule has 0 spiro atoms. The average Bonchev–Trinajstić information content (AvgIpc) is 2.29. The van der Waals surface area contributed by atoms with E-state index in [9.17, 15) is 14.7 Å². The molecule has 1 aromatic carbocycles. The van der Waals surface area contributed by atoms with Crippen LogP contribution >= 0.6 is 34.2 Å². The summed E-state index contributed by atoms with van der Waals surface area (Å²) in [5, 5.41) is 20.9. The second kappa shape index (κ2) is 5.85. The minimum atomic E-state index is -2.00. The zero-order valence-corrected chi connectivity index (χ0v) is 12.3. The zero-order chi connectivity index (χ0) is 13.9. The van der Waals surface area contributed by atoms with Crippen LogP contribution in [-0.2, 0) is 4.79 Å². The summed E-state index contributed by atoms with van der Waals surface area (Å²) in [7, 11) is 0. The molecule has 98 valence electrons. The van der Waals surface area contributed by atoms with Gasteiger partial charge < -0.3 is 15.5 Å². The van der Waals surface area contributed by atoms with E-state index in [1.165, 1.54) is 6.07 Å². The summed E-state index contributed by atoms with van der Waals surface area (Å²) in [5.74, 6) is -1.89. The molecule has 0 bridgehead atoms. The predicted octanol–water partition coefficient (Wildman–Crippen LogP) is 1.51. The minimum Gasteiger partial charge on any atom is -0.479 e. The number of carboxylic acids is 1. The van der Waals surface area contributed by atoms with Crippen LogP contribution in [0, 0.1) is 3.57 Å². The highest BCUT2D eigenvalue weighted by Crippen LogP contribution is 2.19. The van der Waals surface area contributed by atoms with Crippen molar-refractivity contribution in [1.82, 2.24) is 5.32 Å². The van der Waals surface area contributed by atoms with Crippen LogP contribution in [0.4, 0.5) is 0 Å². The molecule has 1 atom stereocenters. The SMILES string of the molecule is CC(O)(CNC(=O)c1ccc(I)c(Cl)c1)C(=O)O. The van der Waals surface area contributed by atoms with Gasteiger partial charge in [-0.05, 0) is 47.7 Å². The van der Waals surface area contributed by atoms with Crippen molar-refractivity contribution >= 4 is 46.1 Å². The first-order chi connectivity index (χ1) is 8.24. The lowest BCUT2D eigenvalue weighted by Gasteiger charge is -2.18. The molecule has 0 heterocycles. The van der Waals surface area contributed by atoms with Gasteiger partial charge in [0.25, 0.3) is 5.91 Å². The Morgan fingerprint density at radius 3 is 2.61 bits per heavy atom. The second-order valence-electron chi connectivity index (χ2n) is 3.89. The minimum absolute atomic E-state index is 0.307. The number of rotatable bonds is 4. The Morgan fingerprint density at radius 1 is 1.50 bits per heavy atom. The van der Waals surface area contributed by atoms with Gasteiger partial charge in [0.15, 0.2) is 5.60 Å². The van der Waals surface area contributed by atoms with Gasteiger partial charge in [-0.2, -0.15) is 0 Å². The molecule has 0 aromatic heterocycles. The molecule has 0 aliphatic carbocycles. The van der Waals surface area contributed by atoms with Gasteiger partial charge in [-0.25, -0.2) is 4.79 Å². The number of hydrogen-bond donors (Lipinski definition) is 3.